The molecule has 4 N–H and O–H groups in total. The maximum Gasteiger partial charge on any atom is 0.253 e. The van der Waals surface area contributed by atoms with Gasteiger partial charge >= 0.3 is 0 Å². The molecule has 0 unspecified atom stereocenters. The second kappa shape index (κ2) is 5.28. The van der Waals surface area contributed by atoms with Crippen LogP contribution in [0.25, 0.3) is 10.9 Å². The van der Waals surface area contributed by atoms with Crippen molar-refractivity contribution in [2.45, 2.75) is 13.3 Å². The van der Waals surface area contributed by atoms with E-state index in [1.807, 2.05) is 6.07 Å². The van der Waals surface area contributed by atoms with E-state index in [-0.39, 0.29) is 5.91 Å². The highest BCUT2D eigenvalue weighted by atomic mass is 16.5. The minimum absolute atomic E-state index is 0.151. The Morgan fingerprint density at radius 3 is 3.10 bits per heavy atom. The van der Waals surface area contributed by atoms with Crippen LogP contribution in [0.15, 0.2) is 28.9 Å². The molecule has 1 amide bonds. The molecule has 7 heteroatoms. The molecule has 0 radical (unpaired) electrons. The Hall–Kier alpha value is -2.83. The zero-order chi connectivity index (χ0) is 14.8. The third-order valence-corrected chi connectivity index (χ3v) is 3.14. The molecule has 0 fully saturated rings. The van der Waals surface area contributed by atoms with Crippen LogP contribution in [0, 0.1) is 6.92 Å². The van der Waals surface area contributed by atoms with Crippen LogP contribution in [0.1, 0.15) is 22.1 Å². The normalized spacial score (nSPS) is 10.9. The lowest BCUT2D eigenvalue weighted by Crippen LogP contribution is -2.25. The van der Waals surface area contributed by atoms with Crippen LogP contribution < -0.4 is 11.1 Å². The molecule has 0 aliphatic heterocycles. The van der Waals surface area contributed by atoms with Crippen molar-refractivity contribution in [1.82, 2.24) is 20.4 Å². The molecule has 0 aliphatic carbocycles. The fourth-order valence-corrected chi connectivity index (χ4v) is 2.15. The van der Waals surface area contributed by atoms with Crippen LogP contribution in [0.3, 0.4) is 0 Å². The SMILES string of the molecule is Cc1noc(CCNC(=O)c2c[nH]c3cc(N)ccc23)n1. The monoisotopic (exact) mass is 285 g/mol. The van der Waals surface area contributed by atoms with Crippen LogP contribution in [0.2, 0.25) is 0 Å². The molecule has 108 valence electrons. The average Bonchev–Trinajstić information content (AvgIpc) is 3.04. The van der Waals surface area contributed by atoms with Crippen LogP contribution in [0.5, 0.6) is 0 Å². The topological polar surface area (TPSA) is 110 Å². The predicted octanol–water partition coefficient (Wildman–Crippen LogP) is 1.41. The lowest BCUT2D eigenvalue weighted by Gasteiger charge is -2.02. The molecule has 0 spiro atoms. The molecule has 0 bridgehead atoms. The van der Waals surface area contributed by atoms with Gasteiger partial charge in [0.1, 0.15) is 0 Å². The smallest absolute Gasteiger partial charge is 0.253 e. The van der Waals surface area contributed by atoms with Gasteiger partial charge in [0.25, 0.3) is 5.91 Å². The molecule has 0 saturated carbocycles. The van der Waals surface area contributed by atoms with Crippen molar-refractivity contribution in [3.05, 3.63) is 41.7 Å². The first-order valence-electron chi connectivity index (χ1n) is 6.57. The summed E-state index contributed by atoms with van der Waals surface area (Å²) >= 11 is 0. The van der Waals surface area contributed by atoms with E-state index in [0.29, 0.717) is 35.9 Å². The molecule has 0 atom stereocenters. The van der Waals surface area contributed by atoms with Crippen molar-refractivity contribution in [3.63, 3.8) is 0 Å². The predicted molar refractivity (Wildman–Crippen MR) is 77.8 cm³/mol. The van der Waals surface area contributed by atoms with E-state index in [1.54, 1.807) is 25.3 Å². The van der Waals surface area contributed by atoms with Gasteiger partial charge in [-0.05, 0) is 25.1 Å². The van der Waals surface area contributed by atoms with Gasteiger partial charge in [-0.1, -0.05) is 5.16 Å². The Bertz CT molecular complexity index is 790. The fourth-order valence-electron chi connectivity index (χ4n) is 2.15. The van der Waals surface area contributed by atoms with Crippen LogP contribution >= 0.6 is 0 Å². The fraction of sp³-hybridized carbons (Fsp3) is 0.214. The number of aryl methyl sites for hydroxylation is 1. The van der Waals surface area contributed by atoms with E-state index in [2.05, 4.69) is 20.4 Å². The summed E-state index contributed by atoms with van der Waals surface area (Å²) in [5.74, 6) is 0.951. The number of hydrogen-bond acceptors (Lipinski definition) is 5. The van der Waals surface area contributed by atoms with E-state index in [1.165, 1.54) is 0 Å². The van der Waals surface area contributed by atoms with Gasteiger partial charge < -0.3 is 20.6 Å². The van der Waals surface area contributed by atoms with Crippen LogP contribution in [-0.4, -0.2) is 27.6 Å². The van der Waals surface area contributed by atoms with Crippen LogP contribution in [0.4, 0.5) is 5.69 Å². The number of anilines is 1. The lowest BCUT2D eigenvalue weighted by atomic mass is 10.1. The van der Waals surface area contributed by atoms with Crippen molar-refractivity contribution in [1.29, 1.82) is 0 Å². The molecule has 3 rings (SSSR count). The Kier molecular flexibility index (Phi) is 3.31. The number of nitrogens with one attached hydrogen (secondary N) is 2. The number of aromatic amines is 1. The zero-order valence-electron chi connectivity index (χ0n) is 11.5. The first-order valence-corrected chi connectivity index (χ1v) is 6.57. The van der Waals surface area contributed by atoms with E-state index < -0.39 is 0 Å². The maximum atomic E-state index is 12.2. The number of hydrogen-bond donors (Lipinski definition) is 3. The Labute approximate surface area is 120 Å². The van der Waals surface area contributed by atoms with Gasteiger partial charge in [0.05, 0.1) is 5.56 Å². The summed E-state index contributed by atoms with van der Waals surface area (Å²) < 4.78 is 4.99. The second-order valence-corrected chi connectivity index (χ2v) is 4.75. The number of nitrogens with zero attached hydrogens (tertiary/aromatic N) is 2. The number of amides is 1. The molecule has 2 heterocycles. The maximum absolute atomic E-state index is 12.2. The van der Waals surface area contributed by atoms with E-state index in [9.17, 15) is 4.79 Å². The molecule has 7 nitrogen and oxygen atoms in total. The number of carbonyl (C=O) groups is 1. The quantitative estimate of drug-likeness (QED) is 0.628. The molecule has 2 aromatic heterocycles. The summed E-state index contributed by atoms with van der Waals surface area (Å²) in [6.45, 7) is 2.19. The van der Waals surface area contributed by atoms with E-state index >= 15 is 0 Å². The number of carbonyl (C=O) groups excluding carboxylic acids is 1. The summed E-state index contributed by atoms with van der Waals surface area (Å²) in [5.41, 5.74) is 7.80. The Balaban J connectivity index is 1.66. The number of nitrogen functional groups attached to an aromatic ring is 1. The molecule has 21 heavy (non-hydrogen) atoms. The second-order valence-electron chi connectivity index (χ2n) is 4.75. The first-order chi connectivity index (χ1) is 10.1. The third kappa shape index (κ3) is 2.71. The van der Waals surface area contributed by atoms with Gasteiger partial charge in [0, 0.05) is 35.8 Å². The molecular weight excluding hydrogens is 270 g/mol. The molecule has 0 aliphatic rings. The van der Waals surface area contributed by atoms with E-state index in [0.717, 1.165) is 10.9 Å². The largest absolute Gasteiger partial charge is 0.399 e. The van der Waals surface area contributed by atoms with Gasteiger partial charge in [-0.2, -0.15) is 4.98 Å². The van der Waals surface area contributed by atoms with Gasteiger partial charge in [-0.3, -0.25) is 4.79 Å². The number of fused-ring (bicyclic) bond motifs is 1. The summed E-state index contributed by atoms with van der Waals surface area (Å²) in [7, 11) is 0. The minimum atomic E-state index is -0.151. The Morgan fingerprint density at radius 2 is 2.33 bits per heavy atom. The summed E-state index contributed by atoms with van der Waals surface area (Å²) in [4.78, 5) is 19.3. The van der Waals surface area contributed by atoms with Crippen molar-refractivity contribution in [2.24, 2.45) is 0 Å². The molecule has 0 saturated heterocycles. The summed E-state index contributed by atoms with van der Waals surface area (Å²) in [6, 6.07) is 5.40. The molecular formula is C14H15N5O2. The number of benzene rings is 1. The van der Waals surface area contributed by atoms with Gasteiger partial charge in [-0.25, -0.2) is 0 Å². The number of H-pyrrole nitrogens is 1. The zero-order valence-corrected chi connectivity index (χ0v) is 11.5. The lowest BCUT2D eigenvalue weighted by molar-refractivity contribution is 0.0955. The highest BCUT2D eigenvalue weighted by molar-refractivity contribution is 6.07. The van der Waals surface area contributed by atoms with Crippen molar-refractivity contribution < 1.29 is 9.32 Å². The molecule has 1 aromatic carbocycles. The molecule has 3 aromatic rings. The van der Waals surface area contributed by atoms with Gasteiger partial charge in [0.2, 0.25) is 5.89 Å². The van der Waals surface area contributed by atoms with Gasteiger partial charge in [-0.15, -0.1) is 0 Å². The summed E-state index contributed by atoms with van der Waals surface area (Å²) in [6.07, 6.45) is 2.18. The first kappa shape index (κ1) is 13.2. The minimum Gasteiger partial charge on any atom is -0.399 e. The Morgan fingerprint density at radius 1 is 1.48 bits per heavy atom. The van der Waals surface area contributed by atoms with Crippen molar-refractivity contribution in [3.8, 4) is 0 Å². The highest BCUT2D eigenvalue weighted by Crippen LogP contribution is 2.20. The van der Waals surface area contributed by atoms with Crippen molar-refractivity contribution >= 4 is 22.5 Å². The number of nitrogens with two attached hydrogens (primary N) is 1. The highest BCUT2D eigenvalue weighted by Gasteiger charge is 2.12. The van der Waals surface area contributed by atoms with Crippen LogP contribution in [-0.2, 0) is 6.42 Å². The standard InChI is InChI=1S/C14H15N5O2/c1-8-18-13(21-19-8)4-5-16-14(20)11-7-17-12-6-9(15)2-3-10(11)12/h2-3,6-7,17H,4-5,15H2,1H3,(H,16,20). The number of rotatable bonds is 4. The van der Waals surface area contributed by atoms with E-state index in [4.69, 9.17) is 10.3 Å². The van der Waals surface area contributed by atoms with Gasteiger partial charge in [0.15, 0.2) is 5.82 Å². The third-order valence-electron chi connectivity index (χ3n) is 3.14. The summed E-state index contributed by atoms with van der Waals surface area (Å²) in [5, 5.41) is 7.37. The van der Waals surface area contributed by atoms with Crippen molar-refractivity contribution in [2.75, 3.05) is 12.3 Å². The average molecular weight is 285 g/mol. The number of aromatic nitrogens is 3.